The third kappa shape index (κ3) is 9.10. The van der Waals surface area contributed by atoms with Crippen LogP contribution in [0.1, 0.15) is 63.9 Å². The molecule has 0 aromatic heterocycles. The molecule has 148 valence electrons. The van der Waals surface area contributed by atoms with E-state index in [0.29, 0.717) is 23.5 Å². The number of hydrogen-bond donors (Lipinski definition) is 0. The molecule has 0 amide bonds. The van der Waals surface area contributed by atoms with E-state index in [1.807, 2.05) is 18.2 Å². The Balaban J connectivity index is 0.00000392. The molecule has 0 aliphatic carbocycles. The molecule has 2 rings (SSSR count). The number of ether oxygens (including phenoxy) is 1. The molecule has 2 aromatic carbocycles. The fourth-order valence-electron chi connectivity index (χ4n) is 3.11. The molecule has 0 heterocycles. The molecule has 0 aliphatic heterocycles. The zero-order valence-electron chi connectivity index (χ0n) is 17.0. The molecule has 0 aliphatic rings. The van der Waals surface area contributed by atoms with Crippen molar-refractivity contribution in [3.8, 4) is 11.5 Å². The largest absolute Gasteiger partial charge is 1.00 e. The first-order chi connectivity index (χ1) is 13.0. The van der Waals surface area contributed by atoms with Gasteiger partial charge in [0, 0.05) is 0 Å². The molecular weight excluding hydrogens is 383 g/mol. The van der Waals surface area contributed by atoms with Gasteiger partial charge in [0.05, 0.1) is 4.90 Å². The van der Waals surface area contributed by atoms with Gasteiger partial charge < -0.3 is 9.29 Å². The van der Waals surface area contributed by atoms with Crippen molar-refractivity contribution >= 4 is 10.1 Å². The minimum absolute atomic E-state index is 0. The average Bonchev–Trinajstić information content (AvgIpc) is 2.65. The molecule has 2 aromatic rings. The average molecular weight is 413 g/mol. The fraction of sp³-hybridized carbons (Fsp3) is 0.455. The summed E-state index contributed by atoms with van der Waals surface area (Å²) in [7, 11) is -4.54. The number of para-hydroxylation sites is 1. The maximum atomic E-state index is 11.7. The first-order valence-corrected chi connectivity index (χ1v) is 11.2. The summed E-state index contributed by atoms with van der Waals surface area (Å²) >= 11 is 0. The Kier molecular flexibility index (Phi) is 12.0. The Bertz CT molecular complexity index is 791. The molecular formula is C22H29NaO4S. The summed E-state index contributed by atoms with van der Waals surface area (Å²) in [6.07, 6.45) is 9.99. The second kappa shape index (κ2) is 13.4. The Labute approximate surface area is 191 Å². The van der Waals surface area contributed by atoms with Crippen molar-refractivity contribution in [2.75, 3.05) is 0 Å². The predicted molar refractivity (Wildman–Crippen MR) is 107 cm³/mol. The van der Waals surface area contributed by atoms with Crippen LogP contribution in [0, 0.1) is 0 Å². The molecule has 0 fully saturated rings. The van der Waals surface area contributed by atoms with Gasteiger partial charge in [0.1, 0.15) is 21.6 Å². The molecule has 6 heteroatoms. The second-order valence-corrected chi connectivity index (χ2v) is 8.21. The standard InChI is InChI=1S/C22H30O4S.Na/c1-2-3-4-5-6-7-8-10-13-19-16-17-21(18-22(19)27(23,24)25)26-20-14-11-9-12-15-20;/h9,11-12,14-18H,2-8,10,13H2,1H3,(H,23,24,25);/q;+1/p-1. The van der Waals surface area contributed by atoms with E-state index < -0.39 is 10.1 Å². The molecule has 0 N–H and O–H groups in total. The van der Waals surface area contributed by atoms with E-state index in [1.165, 1.54) is 38.2 Å². The quantitative estimate of drug-likeness (QED) is 0.305. The van der Waals surface area contributed by atoms with E-state index in [4.69, 9.17) is 4.74 Å². The van der Waals surface area contributed by atoms with Gasteiger partial charge in [-0.15, -0.1) is 0 Å². The van der Waals surface area contributed by atoms with E-state index in [1.54, 1.807) is 24.3 Å². The van der Waals surface area contributed by atoms with Crippen molar-refractivity contribution in [3.05, 3.63) is 54.1 Å². The van der Waals surface area contributed by atoms with Crippen LogP contribution >= 0.6 is 0 Å². The molecule has 0 radical (unpaired) electrons. The van der Waals surface area contributed by atoms with Crippen LogP contribution < -0.4 is 34.3 Å². The van der Waals surface area contributed by atoms with Gasteiger partial charge in [-0.2, -0.15) is 0 Å². The minimum atomic E-state index is -4.54. The number of rotatable bonds is 12. The minimum Gasteiger partial charge on any atom is -0.744 e. The van der Waals surface area contributed by atoms with Crippen LogP contribution in [0.25, 0.3) is 0 Å². The van der Waals surface area contributed by atoms with Crippen molar-refractivity contribution in [1.29, 1.82) is 0 Å². The summed E-state index contributed by atoms with van der Waals surface area (Å²) in [5, 5.41) is 0. The summed E-state index contributed by atoms with van der Waals surface area (Å²) in [4.78, 5) is -0.168. The number of unbranched alkanes of at least 4 members (excludes halogenated alkanes) is 7. The van der Waals surface area contributed by atoms with Crippen molar-refractivity contribution in [1.82, 2.24) is 0 Å². The van der Waals surface area contributed by atoms with Gasteiger partial charge in [-0.3, -0.25) is 0 Å². The summed E-state index contributed by atoms with van der Waals surface area (Å²) in [6.45, 7) is 2.21. The van der Waals surface area contributed by atoms with Crippen LogP contribution in [0.15, 0.2) is 53.4 Å². The zero-order chi connectivity index (χ0) is 19.5. The monoisotopic (exact) mass is 412 g/mol. The van der Waals surface area contributed by atoms with E-state index in [0.717, 1.165) is 19.3 Å². The smallest absolute Gasteiger partial charge is 0.744 e. The van der Waals surface area contributed by atoms with Gasteiger partial charge in [0.15, 0.2) is 0 Å². The Morgan fingerprint density at radius 3 is 2.04 bits per heavy atom. The van der Waals surface area contributed by atoms with E-state index in [-0.39, 0.29) is 34.5 Å². The third-order valence-electron chi connectivity index (χ3n) is 4.59. The molecule has 0 unspecified atom stereocenters. The summed E-state index contributed by atoms with van der Waals surface area (Å²) in [5.74, 6) is 0.956. The summed E-state index contributed by atoms with van der Waals surface area (Å²) in [6, 6.07) is 13.8. The van der Waals surface area contributed by atoms with Gasteiger partial charge in [-0.1, -0.05) is 76.1 Å². The summed E-state index contributed by atoms with van der Waals surface area (Å²) in [5.41, 5.74) is 0.580. The van der Waals surface area contributed by atoms with Crippen LogP contribution in [0.4, 0.5) is 0 Å². The molecule has 0 spiro atoms. The van der Waals surface area contributed by atoms with Gasteiger partial charge >= 0.3 is 29.6 Å². The Hall–Kier alpha value is -0.850. The Morgan fingerprint density at radius 2 is 1.43 bits per heavy atom. The number of benzene rings is 2. The molecule has 0 saturated carbocycles. The third-order valence-corrected chi connectivity index (χ3v) is 5.51. The second-order valence-electron chi connectivity index (χ2n) is 6.86. The van der Waals surface area contributed by atoms with Crippen molar-refractivity contribution in [2.24, 2.45) is 0 Å². The molecule has 28 heavy (non-hydrogen) atoms. The molecule has 0 saturated heterocycles. The van der Waals surface area contributed by atoms with Crippen LogP contribution in [0.3, 0.4) is 0 Å². The predicted octanol–water partition coefficient (Wildman–Crippen LogP) is 3.07. The van der Waals surface area contributed by atoms with Crippen molar-refractivity contribution < 1.29 is 47.3 Å². The number of hydrogen-bond acceptors (Lipinski definition) is 4. The van der Waals surface area contributed by atoms with Crippen molar-refractivity contribution in [2.45, 2.75) is 69.6 Å². The first kappa shape index (κ1) is 25.2. The van der Waals surface area contributed by atoms with Crippen LogP contribution in [0.5, 0.6) is 11.5 Å². The van der Waals surface area contributed by atoms with Gasteiger partial charge in [0.25, 0.3) is 0 Å². The number of aryl methyl sites for hydroxylation is 1. The molecule has 0 atom stereocenters. The van der Waals surface area contributed by atoms with Gasteiger partial charge in [-0.05, 0) is 42.7 Å². The summed E-state index contributed by atoms with van der Waals surface area (Å²) < 4.78 is 40.7. The maximum Gasteiger partial charge on any atom is 1.00 e. The van der Waals surface area contributed by atoms with Gasteiger partial charge in [0.2, 0.25) is 0 Å². The normalized spacial score (nSPS) is 11.1. The SMILES string of the molecule is CCCCCCCCCCc1ccc(Oc2ccccc2)cc1S(=O)(=O)[O-].[Na+]. The first-order valence-electron chi connectivity index (χ1n) is 9.82. The maximum absolute atomic E-state index is 11.7. The van der Waals surface area contributed by atoms with Crippen molar-refractivity contribution in [3.63, 3.8) is 0 Å². The fourth-order valence-corrected chi connectivity index (χ4v) is 3.86. The van der Waals surface area contributed by atoms with Gasteiger partial charge in [-0.25, -0.2) is 8.42 Å². The molecule has 4 nitrogen and oxygen atoms in total. The van der Waals surface area contributed by atoms with E-state index in [9.17, 15) is 13.0 Å². The zero-order valence-corrected chi connectivity index (χ0v) is 19.8. The topological polar surface area (TPSA) is 66.4 Å². The van der Waals surface area contributed by atoms with E-state index >= 15 is 0 Å². The van der Waals surface area contributed by atoms with Crippen LogP contribution in [-0.4, -0.2) is 13.0 Å². The van der Waals surface area contributed by atoms with E-state index in [2.05, 4.69) is 6.92 Å². The molecule has 0 bridgehead atoms. The Morgan fingerprint density at radius 1 is 0.821 bits per heavy atom. The van der Waals surface area contributed by atoms with Crippen LogP contribution in [0.2, 0.25) is 0 Å². The van der Waals surface area contributed by atoms with Crippen LogP contribution in [-0.2, 0) is 16.5 Å².